The van der Waals surface area contributed by atoms with Gasteiger partial charge in [0.25, 0.3) is 0 Å². The van der Waals surface area contributed by atoms with Gasteiger partial charge in [0.1, 0.15) is 0 Å². The van der Waals surface area contributed by atoms with Crippen LogP contribution in [0.3, 0.4) is 0 Å². The third-order valence-electron chi connectivity index (χ3n) is 5.02. The number of nitrogens with one attached hydrogen (secondary N) is 2. The number of benzene rings is 1. The molecule has 2 aromatic rings. The van der Waals surface area contributed by atoms with Crippen LogP contribution in [0.15, 0.2) is 24.3 Å². The summed E-state index contributed by atoms with van der Waals surface area (Å²) in [6.45, 7) is 5.46. The lowest BCUT2D eigenvalue weighted by atomic mass is 9.95. The first-order chi connectivity index (χ1) is 12.3. The Hall–Kier alpha value is -2.21. The maximum Gasteiger partial charge on any atom is 0.317 e. The Labute approximate surface area is 158 Å². The summed E-state index contributed by atoms with van der Waals surface area (Å²) in [5.74, 6) is 0.443. The zero-order valence-electron chi connectivity index (χ0n) is 15.4. The van der Waals surface area contributed by atoms with E-state index >= 15 is 0 Å². The number of aromatic nitrogens is 1. The minimum absolute atomic E-state index is 0.0316. The Kier molecular flexibility index (Phi) is 5.41. The molecule has 0 aliphatic carbocycles. The number of halogens is 1. The highest BCUT2D eigenvalue weighted by atomic mass is 35.5. The smallest absolute Gasteiger partial charge is 0.317 e. The number of piperidine rings is 1. The zero-order valence-corrected chi connectivity index (χ0v) is 16.1. The average Bonchev–Trinajstić information content (AvgIpc) is 3.00. The predicted octanol–water partition coefficient (Wildman–Crippen LogP) is 3.22. The monoisotopic (exact) mass is 376 g/mol. The first-order valence-corrected chi connectivity index (χ1v) is 9.24. The molecule has 2 heterocycles. The molecule has 0 unspecified atom stereocenters. The molecule has 2 N–H and O–H groups in total. The molecule has 140 valence electrons. The van der Waals surface area contributed by atoms with Crippen LogP contribution in [0.25, 0.3) is 10.9 Å². The van der Waals surface area contributed by atoms with Gasteiger partial charge in [-0.25, -0.2) is 4.79 Å². The van der Waals surface area contributed by atoms with E-state index in [1.54, 1.807) is 18.9 Å². The topological polar surface area (TPSA) is 68.4 Å². The molecular weight excluding hydrogens is 352 g/mol. The quantitative estimate of drug-likeness (QED) is 0.863. The number of fused-ring (bicyclic) bond motifs is 1. The maximum atomic E-state index is 12.5. The lowest BCUT2D eigenvalue weighted by molar-refractivity contribution is -0.131. The number of aromatic amines is 1. The average molecular weight is 377 g/mol. The molecule has 26 heavy (non-hydrogen) atoms. The van der Waals surface area contributed by atoms with Gasteiger partial charge in [0.2, 0.25) is 5.91 Å². The van der Waals surface area contributed by atoms with Crippen molar-refractivity contribution in [3.8, 4) is 0 Å². The molecule has 0 bridgehead atoms. The number of likely N-dealkylation sites (N-methyl/N-ethyl adjacent to an activating group) is 1. The number of likely N-dealkylation sites (tertiary alicyclic amines) is 1. The van der Waals surface area contributed by atoms with Crippen molar-refractivity contribution in [2.24, 2.45) is 5.92 Å². The highest BCUT2D eigenvalue weighted by molar-refractivity contribution is 6.31. The van der Waals surface area contributed by atoms with Gasteiger partial charge in [-0.05, 0) is 36.6 Å². The van der Waals surface area contributed by atoms with E-state index in [2.05, 4.69) is 17.2 Å². The van der Waals surface area contributed by atoms with Gasteiger partial charge >= 0.3 is 6.03 Å². The van der Waals surface area contributed by atoms with E-state index in [0.29, 0.717) is 24.0 Å². The number of nitrogens with zero attached hydrogens (tertiary/aromatic N) is 2. The van der Waals surface area contributed by atoms with Crippen LogP contribution in [-0.2, 0) is 11.3 Å². The number of H-pyrrole nitrogens is 1. The van der Waals surface area contributed by atoms with Gasteiger partial charge in [-0.3, -0.25) is 4.79 Å². The van der Waals surface area contributed by atoms with Gasteiger partial charge in [0.05, 0.1) is 12.6 Å². The number of urea groups is 1. The zero-order chi connectivity index (χ0) is 18.8. The molecule has 1 aromatic heterocycles. The van der Waals surface area contributed by atoms with Crippen molar-refractivity contribution in [1.29, 1.82) is 0 Å². The minimum atomic E-state index is -0.135. The Bertz CT molecular complexity index is 819. The third kappa shape index (κ3) is 4.12. The van der Waals surface area contributed by atoms with E-state index in [1.807, 2.05) is 29.2 Å². The SMILES string of the molecule is CC(=O)N1C[C@H](C)C[C@H](N(C)C(=O)NCc2cc3cc(Cl)ccc3[nH]2)C1. The lowest BCUT2D eigenvalue weighted by Gasteiger charge is -2.40. The van der Waals surface area contributed by atoms with Gasteiger partial charge in [-0.15, -0.1) is 0 Å². The highest BCUT2D eigenvalue weighted by Crippen LogP contribution is 2.21. The van der Waals surface area contributed by atoms with Crippen molar-refractivity contribution in [2.75, 3.05) is 20.1 Å². The van der Waals surface area contributed by atoms with Crippen molar-refractivity contribution in [3.05, 3.63) is 35.0 Å². The summed E-state index contributed by atoms with van der Waals surface area (Å²) in [6.07, 6.45) is 0.901. The van der Waals surface area contributed by atoms with Gasteiger partial charge in [0.15, 0.2) is 0 Å². The summed E-state index contributed by atoms with van der Waals surface area (Å²) in [5, 5.41) is 4.66. The molecule has 1 fully saturated rings. The second-order valence-corrected chi connectivity index (χ2v) is 7.65. The van der Waals surface area contributed by atoms with E-state index in [1.165, 1.54) is 0 Å². The molecule has 0 radical (unpaired) electrons. The van der Waals surface area contributed by atoms with Gasteiger partial charge in [-0.2, -0.15) is 0 Å². The van der Waals surface area contributed by atoms with E-state index in [-0.39, 0.29) is 18.0 Å². The highest BCUT2D eigenvalue weighted by Gasteiger charge is 2.30. The maximum absolute atomic E-state index is 12.5. The van der Waals surface area contributed by atoms with Crippen LogP contribution in [0.2, 0.25) is 5.02 Å². The van der Waals surface area contributed by atoms with E-state index in [4.69, 9.17) is 11.6 Å². The summed E-state index contributed by atoms with van der Waals surface area (Å²) in [6, 6.07) is 7.54. The van der Waals surface area contributed by atoms with Crippen LogP contribution in [0, 0.1) is 5.92 Å². The number of carbonyl (C=O) groups is 2. The molecular formula is C19H25ClN4O2. The van der Waals surface area contributed by atoms with E-state index in [0.717, 1.165) is 29.6 Å². The largest absolute Gasteiger partial charge is 0.357 e. The van der Waals surface area contributed by atoms with Crippen molar-refractivity contribution >= 4 is 34.4 Å². The summed E-state index contributed by atoms with van der Waals surface area (Å²) in [7, 11) is 1.79. The van der Waals surface area contributed by atoms with Crippen LogP contribution in [0.5, 0.6) is 0 Å². The van der Waals surface area contributed by atoms with E-state index < -0.39 is 0 Å². The Balaban J connectivity index is 1.60. The van der Waals surface area contributed by atoms with E-state index in [9.17, 15) is 9.59 Å². The van der Waals surface area contributed by atoms with Crippen LogP contribution < -0.4 is 5.32 Å². The van der Waals surface area contributed by atoms with Gasteiger partial charge in [-0.1, -0.05) is 18.5 Å². The summed E-state index contributed by atoms with van der Waals surface area (Å²) < 4.78 is 0. The number of rotatable bonds is 3. The third-order valence-corrected chi connectivity index (χ3v) is 5.25. The second kappa shape index (κ2) is 7.58. The molecule has 7 heteroatoms. The first kappa shape index (κ1) is 18.6. The molecule has 3 rings (SSSR count). The fraction of sp³-hybridized carbons (Fsp3) is 0.474. The summed E-state index contributed by atoms with van der Waals surface area (Å²) >= 11 is 6.01. The normalized spacial score (nSPS) is 20.2. The first-order valence-electron chi connectivity index (χ1n) is 8.87. The molecule has 1 aliphatic heterocycles. The molecule has 1 saturated heterocycles. The Morgan fingerprint density at radius 2 is 2.12 bits per heavy atom. The Morgan fingerprint density at radius 1 is 1.35 bits per heavy atom. The number of hydrogen-bond donors (Lipinski definition) is 2. The van der Waals surface area contributed by atoms with Crippen molar-refractivity contribution in [1.82, 2.24) is 20.1 Å². The molecule has 1 aliphatic rings. The molecule has 6 nitrogen and oxygen atoms in total. The molecule has 1 aromatic carbocycles. The van der Waals surface area contributed by atoms with Crippen LogP contribution in [0.4, 0.5) is 4.79 Å². The predicted molar refractivity (Wildman–Crippen MR) is 103 cm³/mol. The van der Waals surface area contributed by atoms with Crippen LogP contribution >= 0.6 is 11.6 Å². The summed E-state index contributed by atoms with van der Waals surface area (Å²) in [5.41, 5.74) is 1.91. The fourth-order valence-corrected chi connectivity index (χ4v) is 3.76. The van der Waals surface area contributed by atoms with Gasteiger partial charge < -0.3 is 20.1 Å². The molecule has 0 spiro atoms. The number of carbonyl (C=O) groups excluding carboxylic acids is 2. The Morgan fingerprint density at radius 3 is 2.85 bits per heavy atom. The molecule has 3 amide bonds. The van der Waals surface area contributed by atoms with Crippen LogP contribution in [-0.4, -0.2) is 52.9 Å². The number of hydrogen-bond acceptors (Lipinski definition) is 2. The molecule has 0 saturated carbocycles. The van der Waals surface area contributed by atoms with Crippen molar-refractivity contribution in [3.63, 3.8) is 0 Å². The number of amides is 3. The second-order valence-electron chi connectivity index (χ2n) is 7.21. The minimum Gasteiger partial charge on any atom is -0.357 e. The van der Waals surface area contributed by atoms with Gasteiger partial charge in [0, 0.05) is 48.7 Å². The van der Waals surface area contributed by atoms with Crippen molar-refractivity contribution < 1.29 is 9.59 Å². The lowest BCUT2D eigenvalue weighted by Crippen LogP contribution is -2.54. The fourth-order valence-electron chi connectivity index (χ4n) is 3.58. The standard InChI is InChI=1S/C19H25ClN4O2/c1-12-6-17(11-24(10-12)13(2)25)23(3)19(26)21-9-16-8-14-7-15(20)4-5-18(14)22-16/h4-5,7-8,12,17,22H,6,9-11H2,1-3H3,(H,21,26)/t12-,17+/m1/s1. The van der Waals surface area contributed by atoms with Crippen LogP contribution in [0.1, 0.15) is 26.0 Å². The van der Waals surface area contributed by atoms with Crippen molar-refractivity contribution in [2.45, 2.75) is 32.9 Å². The molecule has 2 atom stereocenters. The summed E-state index contributed by atoms with van der Waals surface area (Å²) in [4.78, 5) is 31.1.